The van der Waals surface area contributed by atoms with E-state index in [1.807, 2.05) is 6.07 Å². The van der Waals surface area contributed by atoms with Gasteiger partial charge >= 0.3 is 0 Å². The van der Waals surface area contributed by atoms with Crippen LogP contribution in [0.3, 0.4) is 0 Å². The van der Waals surface area contributed by atoms with Crippen molar-refractivity contribution >= 4 is 40.1 Å². The summed E-state index contributed by atoms with van der Waals surface area (Å²) in [6, 6.07) is 11.6. The van der Waals surface area contributed by atoms with Crippen LogP contribution in [0.1, 0.15) is 0 Å². The number of hydrogen-bond acceptors (Lipinski definition) is 3. The first-order chi connectivity index (χ1) is 10.1. The minimum absolute atomic E-state index is 0.145. The lowest BCUT2D eigenvalue weighted by Gasteiger charge is -2.05. The first-order valence-corrected chi connectivity index (χ1v) is 7.48. The predicted octanol–water partition coefficient (Wildman–Crippen LogP) is 4.99. The summed E-state index contributed by atoms with van der Waals surface area (Å²) in [6.45, 7) is 0. The maximum Gasteiger partial charge on any atom is 0.230 e. The number of nitrogen functional groups attached to an aromatic ring is 1. The van der Waals surface area contributed by atoms with Gasteiger partial charge in [-0.15, -0.1) is 0 Å². The molecule has 3 rings (SSSR count). The van der Waals surface area contributed by atoms with E-state index < -0.39 is 0 Å². The Hall–Kier alpha value is -1.60. The number of anilines is 1. The quantitative estimate of drug-likeness (QED) is 0.601. The molecule has 6 heteroatoms. The summed E-state index contributed by atoms with van der Waals surface area (Å²) in [5, 5.41) is 4.59. The van der Waals surface area contributed by atoms with E-state index in [1.54, 1.807) is 24.3 Å². The third-order valence-electron chi connectivity index (χ3n) is 3.02. The Labute approximate surface area is 139 Å². The van der Waals surface area contributed by atoms with Crippen LogP contribution in [0.25, 0.3) is 22.4 Å². The van der Waals surface area contributed by atoms with Gasteiger partial charge in [-0.25, -0.2) is 4.39 Å². The Morgan fingerprint density at radius 2 is 2.00 bits per heavy atom. The molecule has 0 saturated carbocycles. The SMILES string of the molecule is Nc1onc(-c2cc(Cl)ccc2I)c1-c1cccc(F)c1. The van der Waals surface area contributed by atoms with Gasteiger partial charge in [-0.2, -0.15) is 0 Å². The highest BCUT2D eigenvalue weighted by Gasteiger charge is 2.19. The molecule has 0 saturated heterocycles. The number of halogens is 3. The second kappa shape index (κ2) is 5.65. The van der Waals surface area contributed by atoms with Gasteiger partial charge in [-0.1, -0.05) is 28.9 Å². The molecule has 1 aromatic heterocycles. The van der Waals surface area contributed by atoms with Crippen molar-refractivity contribution in [3.8, 4) is 22.4 Å². The molecule has 21 heavy (non-hydrogen) atoms. The lowest BCUT2D eigenvalue weighted by atomic mass is 10.0. The van der Waals surface area contributed by atoms with Crippen LogP contribution < -0.4 is 5.73 Å². The number of benzene rings is 2. The third kappa shape index (κ3) is 2.75. The highest BCUT2D eigenvalue weighted by Crippen LogP contribution is 2.38. The van der Waals surface area contributed by atoms with E-state index in [-0.39, 0.29) is 11.7 Å². The van der Waals surface area contributed by atoms with Crippen molar-refractivity contribution in [1.29, 1.82) is 0 Å². The molecule has 1 heterocycles. The third-order valence-corrected chi connectivity index (χ3v) is 4.19. The normalized spacial score (nSPS) is 10.8. The van der Waals surface area contributed by atoms with E-state index in [0.717, 1.165) is 9.13 Å². The van der Waals surface area contributed by atoms with Crippen LogP contribution in [-0.2, 0) is 0 Å². The average molecular weight is 415 g/mol. The van der Waals surface area contributed by atoms with Crippen molar-refractivity contribution in [3.05, 3.63) is 56.9 Å². The molecule has 3 aromatic rings. The molecule has 0 aliphatic rings. The van der Waals surface area contributed by atoms with Gasteiger partial charge < -0.3 is 10.3 Å². The molecule has 0 fully saturated rings. The number of nitrogens with two attached hydrogens (primary N) is 1. The van der Waals surface area contributed by atoms with Crippen molar-refractivity contribution in [2.24, 2.45) is 0 Å². The molecular weight excluding hydrogens is 406 g/mol. The summed E-state index contributed by atoms with van der Waals surface area (Å²) in [5.74, 6) is -0.203. The largest absolute Gasteiger partial charge is 0.367 e. The second-order valence-electron chi connectivity index (χ2n) is 4.40. The molecule has 0 radical (unpaired) electrons. The molecular formula is C15H9ClFIN2O. The predicted molar refractivity (Wildman–Crippen MR) is 89.5 cm³/mol. The standard InChI is InChI=1S/C15H9ClFIN2O/c16-9-4-5-12(18)11(7-9)14-13(15(19)21-20-14)8-2-1-3-10(17)6-8/h1-7H,19H2. The molecule has 2 aromatic carbocycles. The zero-order chi connectivity index (χ0) is 15.0. The average Bonchev–Trinajstić information content (AvgIpc) is 2.83. The molecule has 0 aliphatic carbocycles. The van der Waals surface area contributed by atoms with Gasteiger partial charge in [0.2, 0.25) is 5.88 Å². The van der Waals surface area contributed by atoms with E-state index in [9.17, 15) is 4.39 Å². The van der Waals surface area contributed by atoms with Gasteiger partial charge in [0.05, 0.1) is 5.56 Å². The number of rotatable bonds is 2. The maximum absolute atomic E-state index is 13.5. The molecule has 0 spiro atoms. The summed E-state index contributed by atoms with van der Waals surface area (Å²) in [5.41, 5.74) is 8.38. The summed E-state index contributed by atoms with van der Waals surface area (Å²) < 4.78 is 19.5. The monoisotopic (exact) mass is 414 g/mol. The van der Waals surface area contributed by atoms with Crippen molar-refractivity contribution in [3.63, 3.8) is 0 Å². The van der Waals surface area contributed by atoms with Gasteiger partial charge in [0.15, 0.2) is 0 Å². The molecule has 2 N–H and O–H groups in total. The molecule has 0 unspecified atom stereocenters. The second-order valence-corrected chi connectivity index (χ2v) is 6.00. The number of aromatic nitrogens is 1. The molecule has 0 amide bonds. The van der Waals surface area contributed by atoms with Crippen LogP contribution in [0.4, 0.5) is 10.3 Å². The lowest BCUT2D eigenvalue weighted by Crippen LogP contribution is -1.90. The van der Waals surface area contributed by atoms with Gasteiger partial charge in [-0.05, 0) is 58.5 Å². The van der Waals surface area contributed by atoms with Crippen LogP contribution >= 0.6 is 34.2 Å². The fraction of sp³-hybridized carbons (Fsp3) is 0. The summed E-state index contributed by atoms with van der Waals surface area (Å²) >= 11 is 8.22. The molecule has 0 atom stereocenters. The fourth-order valence-electron chi connectivity index (χ4n) is 2.09. The van der Waals surface area contributed by atoms with Gasteiger partial charge in [0.1, 0.15) is 11.5 Å². The zero-order valence-corrected chi connectivity index (χ0v) is 13.5. The lowest BCUT2D eigenvalue weighted by molar-refractivity contribution is 0.439. The van der Waals surface area contributed by atoms with Crippen LogP contribution in [0.15, 0.2) is 47.0 Å². The minimum Gasteiger partial charge on any atom is -0.367 e. The van der Waals surface area contributed by atoms with Gasteiger partial charge in [-0.3, -0.25) is 0 Å². The van der Waals surface area contributed by atoms with Gasteiger partial charge in [0.25, 0.3) is 0 Å². The number of hydrogen-bond donors (Lipinski definition) is 1. The molecule has 0 bridgehead atoms. The van der Waals surface area contributed by atoms with E-state index in [1.165, 1.54) is 12.1 Å². The van der Waals surface area contributed by atoms with Crippen LogP contribution in [0, 0.1) is 9.39 Å². The number of nitrogens with zero attached hydrogens (tertiary/aromatic N) is 1. The van der Waals surface area contributed by atoms with Crippen LogP contribution in [-0.4, -0.2) is 5.16 Å². The van der Waals surface area contributed by atoms with Crippen LogP contribution in [0.5, 0.6) is 0 Å². The van der Waals surface area contributed by atoms with Crippen molar-refractivity contribution in [2.45, 2.75) is 0 Å². The zero-order valence-electron chi connectivity index (χ0n) is 10.6. The summed E-state index contributed by atoms with van der Waals surface area (Å²) in [6.07, 6.45) is 0. The Bertz CT molecular complexity index is 819. The van der Waals surface area contributed by atoms with E-state index >= 15 is 0 Å². The Morgan fingerprint density at radius 1 is 1.19 bits per heavy atom. The Balaban J connectivity index is 2.24. The van der Waals surface area contributed by atoms with Crippen molar-refractivity contribution in [2.75, 3.05) is 5.73 Å². The smallest absolute Gasteiger partial charge is 0.230 e. The first kappa shape index (κ1) is 14.3. The summed E-state index contributed by atoms with van der Waals surface area (Å²) in [7, 11) is 0. The highest BCUT2D eigenvalue weighted by atomic mass is 127. The molecule has 0 aliphatic heterocycles. The van der Waals surface area contributed by atoms with Crippen LogP contribution in [0.2, 0.25) is 5.02 Å². The summed E-state index contributed by atoms with van der Waals surface area (Å²) in [4.78, 5) is 0. The van der Waals surface area contributed by atoms with Crippen molar-refractivity contribution < 1.29 is 8.91 Å². The van der Waals surface area contributed by atoms with E-state index in [2.05, 4.69) is 27.7 Å². The first-order valence-electron chi connectivity index (χ1n) is 6.03. The minimum atomic E-state index is -0.347. The maximum atomic E-state index is 13.5. The Morgan fingerprint density at radius 3 is 2.76 bits per heavy atom. The highest BCUT2D eigenvalue weighted by molar-refractivity contribution is 14.1. The van der Waals surface area contributed by atoms with E-state index in [0.29, 0.717) is 21.8 Å². The molecule has 3 nitrogen and oxygen atoms in total. The van der Waals surface area contributed by atoms with E-state index in [4.69, 9.17) is 21.9 Å². The fourth-order valence-corrected chi connectivity index (χ4v) is 2.85. The topological polar surface area (TPSA) is 52.0 Å². The van der Waals surface area contributed by atoms with Crippen molar-refractivity contribution in [1.82, 2.24) is 5.16 Å². The van der Waals surface area contributed by atoms with Gasteiger partial charge in [0, 0.05) is 14.2 Å². The molecule has 106 valence electrons. The Kier molecular flexibility index (Phi) is 3.86.